The van der Waals surface area contributed by atoms with Gasteiger partial charge in [-0.15, -0.1) is 6.42 Å². The van der Waals surface area contributed by atoms with Gasteiger partial charge < -0.3 is 60.2 Å². The molecule has 0 spiro atoms. The number of likely N-dealkylation sites (N-methyl/N-ethyl adjacent to an activating group) is 1. The van der Waals surface area contributed by atoms with Gasteiger partial charge in [-0.1, -0.05) is 48.2 Å². The lowest BCUT2D eigenvalue weighted by molar-refractivity contribution is -0.192. The summed E-state index contributed by atoms with van der Waals surface area (Å²) in [5.74, 6) is 10.9. The smallest absolute Gasteiger partial charge is 0.384 e. The van der Waals surface area contributed by atoms with E-state index in [2.05, 4.69) is 118 Å². The Morgan fingerprint density at radius 1 is 0.547 bits per heavy atom. The molecule has 0 bridgehead atoms. The third kappa shape index (κ3) is 30.1. The highest BCUT2D eigenvalue weighted by Gasteiger charge is 2.23. The fourth-order valence-electron chi connectivity index (χ4n) is 11.3. The number of nitrogens with one attached hydrogen (secondary N) is 6. The van der Waals surface area contributed by atoms with Crippen molar-refractivity contribution >= 4 is 151 Å². The normalized spacial score (nSPS) is 13.4. The number of carbonyl (C=O) groups excluding carboxylic acids is 10. The number of carboxylic acid groups (broad SMARTS) is 1. The van der Waals surface area contributed by atoms with Crippen LogP contribution in [-0.4, -0.2) is 120 Å². The molecule has 0 saturated carbocycles. The second-order valence-electron chi connectivity index (χ2n) is 29.7. The SMILES string of the molecule is C#CC(=O)OC(C)(C)C.CC(C)(C)C#Cc1cnc2c(c1)CCC(=O)N2.CC(C)(C)OC(=O)/C=C\c1cnc2c(c1)CCC(=O)N2.CNc1oc2ccccc2c1C.Cc1c(CN(C)C(=O)/C=C\c2cnc3c(c2)CCC(=O)N3)oc2ccccc12.O=C(O)/C=C\c1cnc2c(c1)CCC(=O)N2.O=C1CCc2cc(Br)cnc2N1.O=C=O. The lowest BCUT2D eigenvalue weighted by atomic mass is 9.97. The van der Waals surface area contributed by atoms with Crippen molar-refractivity contribution in [3.05, 3.63) is 200 Å². The summed E-state index contributed by atoms with van der Waals surface area (Å²) < 4.78 is 22.3. The highest BCUT2D eigenvalue weighted by Crippen LogP contribution is 2.31. The van der Waals surface area contributed by atoms with Crippen LogP contribution in [0.4, 0.5) is 35.0 Å². The van der Waals surface area contributed by atoms with Crippen LogP contribution in [0.5, 0.6) is 0 Å². The van der Waals surface area contributed by atoms with Crippen LogP contribution in [0, 0.1) is 43.4 Å². The Morgan fingerprint density at radius 3 is 1.32 bits per heavy atom. The summed E-state index contributed by atoms with van der Waals surface area (Å²) in [6.07, 6.45) is 28.0. The predicted molar refractivity (Wildman–Crippen MR) is 448 cm³/mol. The number of anilines is 6. The molecular weight excluding hydrogens is 1560 g/mol. The Morgan fingerprint density at radius 2 is 0.932 bits per heavy atom. The number of para-hydroxylation sites is 2. The van der Waals surface area contributed by atoms with E-state index in [0.29, 0.717) is 87.0 Å². The van der Waals surface area contributed by atoms with Gasteiger partial charge in [-0.2, -0.15) is 9.59 Å². The van der Waals surface area contributed by atoms with E-state index in [1.54, 1.807) is 69.7 Å². The first-order valence-electron chi connectivity index (χ1n) is 37.1. The molecule has 0 unspecified atom stereocenters. The minimum Gasteiger partial charge on any atom is -0.478 e. The van der Waals surface area contributed by atoms with Crippen LogP contribution >= 0.6 is 15.9 Å². The number of terminal acetylenes is 1. The minimum absolute atomic E-state index is 0.00980. The van der Waals surface area contributed by atoms with Gasteiger partial charge in [0, 0.05) is 139 Å². The van der Waals surface area contributed by atoms with E-state index in [-0.39, 0.29) is 53.0 Å². The molecule has 2 aromatic carbocycles. The molecule has 28 nitrogen and oxygen atoms in total. The van der Waals surface area contributed by atoms with E-state index in [1.165, 1.54) is 35.4 Å². The van der Waals surface area contributed by atoms with Gasteiger partial charge in [-0.3, -0.25) is 28.8 Å². The number of hydrogen-bond acceptors (Lipinski definition) is 21. The van der Waals surface area contributed by atoms with Gasteiger partial charge in [0.15, 0.2) is 5.88 Å². The van der Waals surface area contributed by atoms with E-state index in [9.17, 15) is 43.2 Å². The van der Waals surface area contributed by atoms with Gasteiger partial charge in [-0.25, -0.2) is 39.3 Å². The zero-order valence-corrected chi connectivity index (χ0v) is 68.9. The Hall–Kier alpha value is -13.5. The van der Waals surface area contributed by atoms with Crippen molar-refractivity contribution < 1.29 is 76.2 Å². The maximum atomic E-state index is 12.5. The van der Waals surface area contributed by atoms with Gasteiger partial charge in [0.25, 0.3) is 0 Å². The highest BCUT2D eigenvalue weighted by atomic mass is 79.9. The molecule has 14 rings (SSSR count). The van der Waals surface area contributed by atoms with E-state index in [0.717, 1.165) is 107 Å². The molecule has 0 atom stereocenters. The number of carboxylic acids is 1. The number of fused-ring (bicyclic) bond motifs is 7. The Labute approximate surface area is 686 Å². The zero-order valence-electron chi connectivity index (χ0n) is 67.3. The molecule has 608 valence electrons. The van der Waals surface area contributed by atoms with Gasteiger partial charge in [0.1, 0.15) is 57.2 Å². The van der Waals surface area contributed by atoms with Crippen LogP contribution < -0.4 is 31.9 Å². The lowest BCUT2D eigenvalue weighted by Gasteiger charge is -2.18. The molecule has 9 aromatic rings. The fraction of sp³-hybridized carbons (Fsp3) is 0.307. The fourth-order valence-corrected chi connectivity index (χ4v) is 11.6. The van der Waals surface area contributed by atoms with Gasteiger partial charge in [0.2, 0.25) is 35.4 Å². The maximum Gasteiger partial charge on any atom is 0.384 e. The zero-order chi connectivity index (χ0) is 85.7. The number of benzene rings is 2. The summed E-state index contributed by atoms with van der Waals surface area (Å²) in [6.45, 7) is 21.4. The quantitative estimate of drug-likeness (QED) is 0.0305. The Kier molecular flexibility index (Phi) is 33.0. The second-order valence-corrected chi connectivity index (χ2v) is 30.6. The third-order valence-electron chi connectivity index (χ3n) is 16.8. The largest absolute Gasteiger partial charge is 0.478 e. The van der Waals surface area contributed by atoms with Crippen molar-refractivity contribution in [2.24, 2.45) is 5.41 Å². The molecule has 7 aromatic heterocycles. The topological polar surface area (TPSA) is 393 Å². The third-order valence-corrected chi connectivity index (χ3v) is 17.2. The molecule has 0 saturated heterocycles. The number of aryl methyl sites for hydroxylation is 7. The number of amides is 6. The highest BCUT2D eigenvalue weighted by molar-refractivity contribution is 9.10. The molecule has 29 heteroatoms. The number of furan rings is 2. The molecule has 5 aliphatic rings. The van der Waals surface area contributed by atoms with E-state index < -0.39 is 23.1 Å². The molecule has 5 aliphatic heterocycles. The summed E-state index contributed by atoms with van der Waals surface area (Å²) in [5, 5.41) is 27.4. The van der Waals surface area contributed by atoms with Crippen molar-refractivity contribution in [3.8, 4) is 24.2 Å². The average Bonchev–Trinajstić information content (AvgIpc) is 1.76. The molecule has 7 N–H and O–H groups in total. The van der Waals surface area contributed by atoms with Crippen LogP contribution in [0.3, 0.4) is 0 Å². The first kappa shape index (κ1) is 90.7. The lowest BCUT2D eigenvalue weighted by Crippen LogP contribution is -2.24. The van der Waals surface area contributed by atoms with Crippen molar-refractivity contribution in [3.63, 3.8) is 0 Å². The van der Waals surface area contributed by atoms with Crippen LogP contribution in [0.25, 0.3) is 40.2 Å². The molecule has 0 radical (unpaired) electrons. The van der Waals surface area contributed by atoms with Crippen molar-refractivity contribution in [2.45, 2.75) is 158 Å². The number of rotatable bonds is 9. The van der Waals surface area contributed by atoms with E-state index in [1.807, 2.05) is 113 Å². The average molecular weight is 1650 g/mol. The number of aliphatic carboxylic acids is 1. The first-order valence-corrected chi connectivity index (χ1v) is 37.9. The standard InChI is InChI=1S/C22H21N3O3.C15H18N2O3.C14H16N2O.C11H10N2O3.C10H11NO.C8H7BrN2O.C7H10O2.CO2/c1-14-17-5-3-4-6-18(17)28-19(14)13-25(2)21(27)10-7-15-11-16-8-9-20(26)24-22(16)23-12-15;1-15(2,3)20-13(19)7-4-10-8-11-5-6-12(18)17-14(11)16-9-10;1-14(2,3)7-6-10-8-11-4-5-12(17)16-13(11)15-9-10;14-9-3-2-8-5-7(1-4-10(15)16)6-12-11(8)13-9;1-7-8-5-3-4-6-9(8)12-10(7)11-2;9-6-3-5-1-2-7(12)11-8(5)10-4-6;1-5-6(8)9-7(2,3)4;2-1-3/h3-7,10-12H,8-9,13H2,1-2H3,(H,23,24,26);4,7-9H,5-6H2,1-3H3,(H,16,17,18);8-9H,4-5H2,1-3H3,(H,15,16,17);1,4-6H,2-3H2,(H,15,16)(H,12,13,14);3-6,11H,1-2H3;3-4H,1-2H2,(H,10,11,12);1H,2-4H3;/b10-7-;7-4-;;4-1-;;;;. The van der Waals surface area contributed by atoms with Crippen molar-refractivity contribution in [2.75, 3.05) is 46.0 Å². The number of nitrogens with zero attached hydrogens (tertiary/aromatic N) is 6. The summed E-state index contributed by atoms with van der Waals surface area (Å²) in [5.41, 5.74) is 11.4. The molecule has 0 fully saturated rings. The van der Waals surface area contributed by atoms with Crippen LogP contribution in [0.2, 0.25) is 0 Å². The number of pyridine rings is 5. The molecular formula is C88H93BrN12O16. The summed E-state index contributed by atoms with van der Waals surface area (Å²) >= 11 is 3.33. The number of hydrogen-bond donors (Lipinski definition) is 7. The Bertz CT molecular complexity index is 5420. The summed E-state index contributed by atoms with van der Waals surface area (Å²) in [4.78, 5) is 139. The van der Waals surface area contributed by atoms with Crippen LogP contribution in [0.15, 0.2) is 141 Å². The second kappa shape index (κ2) is 42.6. The van der Waals surface area contributed by atoms with E-state index >= 15 is 0 Å². The number of esters is 2. The maximum absolute atomic E-state index is 12.5. The van der Waals surface area contributed by atoms with Gasteiger partial charge in [0.05, 0.1) is 6.54 Å². The minimum atomic E-state index is -0.994. The van der Waals surface area contributed by atoms with Crippen LogP contribution in [0.1, 0.15) is 161 Å². The number of ether oxygens (including phenoxy) is 2. The summed E-state index contributed by atoms with van der Waals surface area (Å²) in [7, 11) is 3.62. The molecule has 6 amide bonds. The molecule has 12 heterocycles. The molecule has 0 aliphatic carbocycles. The number of halogens is 1. The van der Waals surface area contributed by atoms with Crippen molar-refractivity contribution in [1.29, 1.82) is 0 Å². The van der Waals surface area contributed by atoms with Gasteiger partial charge in [-0.05, 0) is 229 Å². The Balaban J connectivity index is 0.000000193. The predicted octanol–water partition coefficient (Wildman–Crippen LogP) is 14.3. The number of carbonyl (C=O) groups is 9. The monoisotopic (exact) mass is 1650 g/mol. The van der Waals surface area contributed by atoms with E-state index in [4.69, 9.17) is 39.4 Å². The number of aromatic nitrogens is 5. The summed E-state index contributed by atoms with van der Waals surface area (Å²) in [6, 6.07) is 25.6. The first-order chi connectivity index (χ1) is 55.4. The molecule has 117 heavy (non-hydrogen) atoms. The van der Waals surface area contributed by atoms with Gasteiger partial charge >= 0.3 is 24.1 Å². The van der Waals surface area contributed by atoms with Crippen LogP contribution in [-0.2, 0) is 101 Å². The van der Waals surface area contributed by atoms with Crippen molar-refractivity contribution in [1.82, 2.24) is 29.8 Å².